The molecule has 0 aliphatic carbocycles. The van der Waals surface area contributed by atoms with E-state index in [1.54, 1.807) is 0 Å². The predicted octanol–water partition coefficient (Wildman–Crippen LogP) is 5.68. The number of fused-ring (bicyclic) bond motifs is 1. The zero-order valence-electron chi connectivity index (χ0n) is 13.8. The van der Waals surface area contributed by atoms with Crippen LogP contribution in [0.25, 0.3) is 16.8 Å². The van der Waals surface area contributed by atoms with Gasteiger partial charge in [-0.15, -0.1) is 0 Å². The van der Waals surface area contributed by atoms with E-state index in [4.69, 9.17) is 4.74 Å². The summed E-state index contributed by atoms with van der Waals surface area (Å²) in [6.07, 6.45) is -9.65. The van der Waals surface area contributed by atoms with Gasteiger partial charge in [0.05, 0.1) is 11.3 Å². The van der Waals surface area contributed by atoms with Gasteiger partial charge in [-0.3, -0.25) is 0 Å². The normalized spacial score (nSPS) is 19.6. The third kappa shape index (κ3) is 3.15. The number of rotatable bonds is 2. The summed E-state index contributed by atoms with van der Waals surface area (Å²) in [7, 11) is 0. The van der Waals surface area contributed by atoms with Crippen LogP contribution in [0.3, 0.4) is 0 Å². The number of ether oxygens (including phenoxy) is 1. The fourth-order valence-corrected chi connectivity index (χ4v) is 2.72. The molecule has 27 heavy (non-hydrogen) atoms. The Morgan fingerprint density at radius 2 is 1.70 bits per heavy atom. The second kappa shape index (κ2) is 5.97. The van der Waals surface area contributed by atoms with Gasteiger partial charge >= 0.3 is 12.4 Å². The summed E-state index contributed by atoms with van der Waals surface area (Å²) in [6, 6.07) is 5.15. The van der Waals surface area contributed by atoms with Crippen LogP contribution in [-0.4, -0.2) is 23.9 Å². The van der Waals surface area contributed by atoms with Gasteiger partial charge in [0.2, 0.25) is 0 Å². The van der Waals surface area contributed by atoms with Crippen molar-refractivity contribution in [1.29, 1.82) is 0 Å². The summed E-state index contributed by atoms with van der Waals surface area (Å²) >= 11 is 0. The molecule has 144 valence electrons. The topological polar surface area (TPSA) is 22.1 Å². The Morgan fingerprint density at radius 1 is 1.11 bits per heavy atom. The first-order valence-corrected chi connectivity index (χ1v) is 7.62. The van der Waals surface area contributed by atoms with Gasteiger partial charge in [-0.2, -0.15) is 26.3 Å². The van der Waals surface area contributed by atoms with Crippen LogP contribution in [0.4, 0.5) is 30.7 Å². The van der Waals surface area contributed by atoms with Crippen molar-refractivity contribution < 1.29 is 35.5 Å². The average molecular weight is 391 g/mol. The van der Waals surface area contributed by atoms with Crippen molar-refractivity contribution in [1.82, 2.24) is 4.98 Å². The van der Waals surface area contributed by atoms with Crippen molar-refractivity contribution in [2.45, 2.75) is 24.7 Å². The lowest BCUT2D eigenvalue weighted by Crippen LogP contribution is -2.41. The molecule has 0 saturated heterocycles. The Morgan fingerprint density at radius 3 is 2.22 bits per heavy atom. The van der Waals surface area contributed by atoms with Crippen LogP contribution >= 0.6 is 0 Å². The summed E-state index contributed by atoms with van der Waals surface area (Å²) in [5.41, 5.74) is -5.23. The monoisotopic (exact) mass is 391 g/mol. The van der Waals surface area contributed by atoms with Gasteiger partial charge in [-0.1, -0.05) is 6.58 Å². The first-order valence-electron chi connectivity index (χ1n) is 7.62. The molecule has 3 rings (SSSR count). The minimum absolute atomic E-state index is 0.121. The second-order valence-electron chi connectivity index (χ2n) is 6.33. The van der Waals surface area contributed by atoms with Crippen LogP contribution in [0, 0.1) is 5.82 Å². The van der Waals surface area contributed by atoms with Crippen LogP contribution < -0.4 is 4.74 Å². The molecule has 1 aromatic heterocycles. The van der Waals surface area contributed by atoms with E-state index in [-0.39, 0.29) is 17.0 Å². The molecule has 0 amide bonds. The maximum absolute atomic E-state index is 13.6. The van der Waals surface area contributed by atoms with Crippen molar-refractivity contribution >= 4 is 5.57 Å². The number of alkyl halides is 6. The number of aromatic nitrogens is 1. The Labute approximate surface area is 149 Å². The third-order valence-corrected chi connectivity index (χ3v) is 4.47. The molecule has 1 atom stereocenters. The van der Waals surface area contributed by atoms with Crippen LogP contribution in [0.5, 0.6) is 5.75 Å². The summed E-state index contributed by atoms with van der Waals surface area (Å²) in [5, 5.41) is 0. The Hall–Kier alpha value is -2.58. The standard InChI is InChI=1S/C18H12F7NO/c1-9(17(20,21)22)13-7-12-15(27-8-16(12,2)18(23,24)25)14(26-13)10-3-5-11(19)6-4-10/h3-7H,1,8H2,2H3/t16-/m1/s1. The second-order valence-corrected chi connectivity index (χ2v) is 6.33. The molecule has 0 spiro atoms. The lowest BCUT2D eigenvalue weighted by atomic mass is 9.83. The SMILES string of the molecule is C=C(c1cc2c(c(-c3ccc(F)cc3)n1)OC[C@@]2(C)C(F)(F)F)C(F)(F)F. The van der Waals surface area contributed by atoms with E-state index in [2.05, 4.69) is 11.6 Å². The maximum atomic E-state index is 13.6. The molecule has 0 saturated carbocycles. The first kappa shape index (κ1) is 19.2. The van der Waals surface area contributed by atoms with Crippen molar-refractivity contribution in [2.75, 3.05) is 6.61 Å². The number of allylic oxidation sites excluding steroid dienone is 1. The van der Waals surface area contributed by atoms with Crippen molar-refractivity contribution in [3.05, 3.63) is 54.0 Å². The lowest BCUT2D eigenvalue weighted by molar-refractivity contribution is -0.187. The molecule has 0 fully saturated rings. The fourth-order valence-electron chi connectivity index (χ4n) is 2.72. The van der Waals surface area contributed by atoms with Gasteiger partial charge in [-0.05, 0) is 37.3 Å². The van der Waals surface area contributed by atoms with Gasteiger partial charge in [0.1, 0.15) is 29.3 Å². The van der Waals surface area contributed by atoms with Gasteiger partial charge in [0.15, 0.2) is 0 Å². The maximum Gasteiger partial charge on any atom is 0.417 e. The molecule has 0 N–H and O–H groups in total. The Balaban J connectivity index is 2.29. The van der Waals surface area contributed by atoms with Crippen LogP contribution in [0.15, 0.2) is 36.9 Å². The van der Waals surface area contributed by atoms with Crippen molar-refractivity contribution in [2.24, 2.45) is 0 Å². The minimum atomic E-state index is -4.88. The number of hydrogen-bond donors (Lipinski definition) is 0. The van der Waals surface area contributed by atoms with Gasteiger partial charge in [0.25, 0.3) is 0 Å². The van der Waals surface area contributed by atoms with Crippen molar-refractivity contribution in [3.63, 3.8) is 0 Å². The molecule has 1 aliphatic heterocycles. The summed E-state index contributed by atoms with van der Waals surface area (Å²) in [6.45, 7) is 2.95. The van der Waals surface area contributed by atoms with E-state index in [9.17, 15) is 30.7 Å². The van der Waals surface area contributed by atoms with Crippen LogP contribution in [0.2, 0.25) is 0 Å². The van der Waals surface area contributed by atoms with Crippen LogP contribution in [-0.2, 0) is 5.41 Å². The van der Waals surface area contributed by atoms with Crippen LogP contribution in [0.1, 0.15) is 18.2 Å². The van der Waals surface area contributed by atoms with Gasteiger partial charge in [0, 0.05) is 11.1 Å². The van der Waals surface area contributed by atoms with E-state index < -0.39 is 47.0 Å². The highest BCUT2D eigenvalue weighted by molar-refractivity contribution is 5.75. The summed E-state index contributed by atoms with van der Waals surface area (Å²) in [4.78, 5) is 3.82. The van der Waals surface area contributed by atoms with E-state index >= 15 is 0 Å². The minimum Gasteiger partial charge on any atom is -0.490 e. The van der Waals surface area contributed by atoms with E-state index in [1.807, 2.05) is 0 Å². The lowest BCUT2D eigenvalue weighted by Gasteiger charge is -2.26. The highest BCUT2D eigenvalue weighted by Crippen LogP contribution is 2.52. The molecular formula is C18H12F7NO. The van der Waals surface area contributed by atoms with E-state index in [0.717, 1.165) is 19.1 Å². The van der Waals surface area contributed by atoms with Crippen molar-refractivity contribution in [3.8, 4) is 17.0 Å². The average Bonchev–Trinajstić information content (AvgIpc) is 2.92. The molecule has 1 aliphatic rings. The molecule has 2 nitrogen and oxygen atoms in total. The van der Waals surface area contributed by atoms with E-state index in [1.165, 1.54) is 12.1 Å². The zero-order valence-corrected chi connectivity index (χ0v) is 13.8. The highest BCUT2D eigenvalue weighted by Gasteiger charge is 2.58. The zero-order chi connectivity index (χ0) is 20.2. The largest absolute Gasteiger partial charge is 0.490 e. The fraction of sp³-hybridized carbons (Fsp3) is 0.278. The third-order valence-electron chi connectivity index (χ3n) is 4.47. The number of benzene rings is 1. The number of hydrogen-bond acceptors (Lipinski definition) is 2. The van der Waals surface area contributed by atoms with E-state index in [0.29, 0.717) is 6.07 Å². The summed E-state index contributed by atoms with van der Waals surface area (Å²) < 4.78 is 98.3. The Kier molecular flexibility index (Phi) is 4.24. The molecule has 0 radical (unpaired) electrons. The van der Waals surface area contributed by atoms with Gasteiger partial charge in [-0.25, -0.2) is 9.37 Å². The molecule has 2 heterocycles. The predicted molar refractivity (Wildman–Crippen MR) is 83.6 cm³/mol. The molecule has 1 aromatic carbocycles. The molecule has 0 bridgehead atoms. The molecule has 9 heteroatoms. The quantitative estimate of drug-likeness (QED) is 0.615. The first-order chi connectivity index (χ1) is 12.3. The highest BCUT2D eigenvalue weighted by atomic mass is 19.4. The number of pyridine rings is 1. The van der Waals surface area contributed by atoms with Gasteiger partial charge < -0.3 is 4.74 Å². The molecular weight excluding hydrogens is 379 g/mol. The Bertz CT molecular complexity index is 900. The molecule has 2 aromatic rings. The molecule has 0 unspecified atom stereocenters. The number of nitrogens with zero attached hydrogens (tertiary/aromatic N) is 1. The smallest absolute Gasteiger partial charge is 0.417 e. The number of halogens is 7. The summed E-state index contributed by atoms with van der Waals surface area (Å²) in [5.74, 6) is -0.896.